The molecule has 0 saturated carbocycles. The van der Waals surface area contributed by atoms with Crippen molar-refractivity contribution in [1.29, 1.82) is 0 Å². The van der Waals surface area contributed by atoms with E-state index in [2.05, 4.69) is 0 Å². The van der Waals surface area contributed by atoms with Gasteiger partial charge in [0.1, 0.15) is 0 Å². The summed E-state index contributed by atoms with van der Waals surface area (Å²) in [5, 5.41) is 19.5. The van der Waals surface area contributed by atoms with Crippen LogP contribution in [0.5, 0.6) is 0 Å². The van der Waals surface area contributed by atoms with Gasteiger partial charge in [0.05, 0.1) is 12.7 Å². The van der Waals surface area contributed by atoms with Crippen molar-refractivity contribution in [2.45, 2.75) is 53.6 Å². The van der Waals surface area contributed by atoms with Crippen LogP contribution in [-0.2, 0) is 0 Å². The summed E-state index contributed by atoms with van der Waals surface area (Å²) in [7, 11) is 0. The van der Waals surface area contributed by atoms with Crippen molar-refractivity contribution in [2.24, 2.45) is 10.8 Å². The summed E-state index contributed by atoms with van der Waals surface area (Å²) in [6, 6.07) is 0. The number of hydrogen-bond donors (Lipinski definition) is 2. The second-order valence-corrected chi connectivity index (χ2v) is 5.00. The molecule has 0 rings (SSSR count). The van der Waals surface area contributed by atoms with Gasteiger partial charge >= 0.3 is 0 Å². The van der Waals surface area contributed by atoms with Gasteiger partial charge in [0.2, 0.25) is 0 Å². The molecule has 2 N–H and O–H groups in total. The predicted octanol–water partition coefficient (Wildman–Crippen LogP) is 2.19. The van der Waals surface area contributed by atoms with Crippen LogP contribution >= 0.6 is 0 Å². The van der Waals surface area contributed by atoms with Gasteiger partial charge in [0.15, 0.2) is 0 Å². The zero-order valence-corrected chi connectivity index (χ0v) is 9.59. The molecule has 0 fully saturated rings. The van der Waals surface area contributed by atoms with Gasteiger partial charge in [0.25, 0.3) is 0 Å². The first-order valence-corrected chi connectivity index (χ1v) is 5.13. The summed E-state index contributed by atoms with van der Waals surface area (Å²) in [5.74, 6) is 0. The summed E-state index contributed by atoms with van der Waals surface area (Å²) in [5.41, 5.74) is -0.479. The van der Waals surface area contributed by atoms with Gasteiger partial charge in [-0.1, -0.05) is 34.6 Å². The second-order valence-electron chi connectivity index (χ2n) is 5.00. The highest BCUT2D eigenvalue weighted by atomic mass is 16.3. The Balaban J connectivity index is 4.73. The van der Waals surface area contributed by atoms with Crippen LogP contribution in [0, 0.1) is 10.8 Å². The van der Waals surface area contributed by atoms with E-state index in [4.69, 9.17) is 0 Å². The molecule has 1 atom stereocenters. The fourth-order valence-corrected chi connectivity index (χ4v) is 1.87. The maximum atomic E-state index is 10.1. The molecule has 0 saturated heterocycles. The molecular weight excluding hydrogens is 164 g/mol. The maximum absolute atomic E-state index is 10.1. The van der Waals surface area contributed by atoms with Crippen molar-refractivity contribution in [2.75, 3.05) is 6.61 Å². The van der Waals surface area contributed by atoms with E-state index < -0.39 is 6.10 Å². The van der Waals surface area contributed by atoms with Gasteiger partial charge in [-0.15, -0.1) is 0 Å². The van der Waals surface area contributed by atoms with Gasteiger partial charge in [-0.25, -0.2) is 0 Å². The maximum Gasteiger partial charge on any atom is 0.0666 e. The summed E-state index contributed by atoms with van der Waals surface area (Å²) in [4.78, 5) is 0. The molecule has 1 unspecified atom stereocenters. The van der Waals surface area contributed by atoms with Crippen molar-refractivity contribution < 1.29 is 10.2 Å². The molecule has 0 aliphatic heterocycles. The Morgan fingerprint density at radius 2 is 1.46 bits per heavy atom. The lowest BCUT2D eigenvalue weighted by Gasteiger charge is -2.42. The standard InChI is InChI=1S/C11H24O2/c1-6-11(7-2,8-12)9(13)10(3,4)5/h9,12-13H,6-8H2,1-5H3. The third-order valence-corrected chi connectivity index (χ3v) is 3.12. The van der Waals surface area contributed by atoms with E-state index in [0.717, 1.165) is 12.8 Å². The fraction of sp³-hybridized carbons (Fsp3) is 1.00. The normalized spacial score (nSPS) is 15.9. The molecular formula is C11H24O2. The molecule has 0 aromatic heterocycles. The van der Waals surface area contributed by atoms with Crippen LogP contribution in [0.25, 0.3) is 0 Å². The minimum Gasteiger partial charge on any atom is -0.396 e. The van der Waals surface area contributed by atoms with E-state index in [1.807, 2.05) is 34.6 Å². The summed E-state index contributed by atoms with van der Waals surface area (Å²) in [6.07, 6.45) is 1.19. The Bertz CT molecular complexity index is 134. The Morgan fingerprint density at radius 3 is 1.54 bits per heavy atom. The van der Waals surface area contributed by atoms with Crippen LogP contribution in [0.1, 0.15) is 47.5 Å². The zero-order valence-electron chi connectivity index (χ0n) is 9.59. The van der Waals surface area contributed by atoms with Crippen LogP contribution < -0.4 is 0 Å². The average Bonchev–Trinajstić information content (AvgIpc) is 2.07. The molecule has 0 aromatic carbocycles. The lowest BCUT2D eigenvalue weighted by atomic mass is 9.68. The van der Waals surface area contributed by atoms with Crippen LogP contribution in [0.4, 0.5) is 0 Å². The fourth-order valence-electron chi connectivity index (χ4n) is 1.87. The minimum absolute atomic E-state index is 0.0679. The number of rotatable bonds is 4. The van der Waals surface area contributed by atoms with Crippen LogP contribution in [0.2, 0.25) is 0 Å². The molecule has 80 valence electrons. The predicted molar refractivity (Wildman–Crippen MR) is 55.6 cm³/mol. The van der Waals surface area contributed by atoms with Crippen molar-refractivity contribution >= 4 is 0 Å². The molecule has 13 heavy (non-hydrogen) atoms. The molecule has 0 radical (unpaired) electrons. The highest BCUT2D eigenvalue weighted by Crippen LogP contribution is 2.38. The second kappa shape index (κ2) is 4.43. The smallest absolute Gasteiger partial charge is 0.0666 e. The zero-order chi connectivity index (χ0) is 10.7. The van der Waals surface area contributed by atoms with Crippen molar-refractivity contribution in [3.63, 3.8) is 0 Å². The van der Waals surface area contributed by atoms with Gasteiger partial charge in [-0.05, 0) is 18.3 Å². The van der Waals surface area contributed by atoms with Crippen molar-refractivity contribution in [3.05, 3.63) is 0 Å². The van der Waals surface area contributed by atoms with Gasteiger partial charge in [-0.2, -0.15) is 0 Å². The molecule has 0 aliphatic carbocycles. The van der Waals surface area contributed by atoms with Crippen LogP contribution in [0.3, 0.4) is 0 Å². The monoisotopic (exact) mass is 188 g/mol. The number of aliphatic hydroxyl groups is 2. The average molecular weight is 188 g/mol. The van der Waals surface area contributed by atoms with E-state index in [1.165, 1.54) is 0 Å². The Hall–Kier alpha value is -0.0800. The van der Waals surface area contributed by atoms with Gasteiger partial charge in [0, 0.05) is 5.41 Å². The van der Waals surface area contributed by atoms with E-state index in [9.17, 15) is 10.2 Å². The molecule has 0 bridgehead atoms. The van der Waals surface area contributed by atoms with Crippen molar-refractivity contribution in [1.82, 2.24) is 0 Å². The molecule has 2 heteroatoms. The lowest BCUT2D eigenvalue weighted by Crippen LogP contribution is -2.45. The SMILES string of the molecule is CCC(CC)(CO)C(O)C(C)(C)C. The number of aliphatic hydroxyl groups excluding tert-OH is 2. The quantitative estimate of drug-likeness (QED) is 0.710. The summed E-state index contributed by atoms with van der Waals surface area (Å²) < 4.78 is 0. The largest absolute Gasteiger partial charge is 0.396 e. The molecule has 0 spiro atoms. The first-order valence-electron chi connectivity index (χ1n) is 5.13. The van der Waals surface area contributed by atoms with E-state index in [1.54, 1.807) is 0 Å². The Labute approximate surface area is 82.0 Å². The first-order chi connectivity index (χ1) is 5.84. The van der Waals surface area contributed by atoms with Crippen molar-refractivity contribution in [3.8, 4) is 0 Å². The third-order valence-electron chi connectivity index (χ3n) is 3.12. The van der Waals surface area contributed by atoms with Crippen LogP contribution in [0.15, 0.2) is 0 Å². The van der Waals surface area contributed by atoms with E-state index in [0.29, 0.717) is 0 Å². The van der Waals surface area contributed by atoms with E-state index >= 15 is 0 Å². The molecule has 0 heterocycles. The lowest BCUT2D eigenvalue weighted by molar-refractivity contribution is -0.0814. The van der Waals surface area contributed by atoms with E-state index in [-0.39, 0.29) is 17.4 Å². The van der Waals surface area contributed by atoms with Crippen LogP contribution in [-0.4, -0.2) is 22.9 Å². The third kappa shape index (κ3) is 2.68. The Morgan fingerprint density at radius 1 is 1.08 bits per heavy atom. The minimum atomic E-state index is -0.444. The number of hydrogen-bond acceptors (Lipinski definition) is 2. The first kappa shape index (κ1) is 12.9. The van der Waals surface area contributed by atoms with Gasteiger partial charge < -0.3 is 10.2 Å². The molecule has 0 aromatic rings. The topological polar surface area (TPSA) is 40.5 Å². The molecule has 2 nitrogen and oxygen atoms in total. The highest BCUT2D eigenvalue weighted by Gasteiger charge is 2.40. The summed E-state index contributed by atoms with van der Waals surface area (Å²) in [6.45, 7) is 10.1. The highest BCUT2D eigenvalue weighted by molar-refractivity contribution is 4.90. The molecule has 0 aliphatic rings. The molecule has 0 amide bonds. The Kier molecular flexibility index (Phi) is 4.40. The summed E-state index contributed by atoms with van der Waals surface area (Å²) >= 11 is 0. The van der Waals surface area contributed by atoms with Gasteiger partial charge in [-0.3, -0.25) is 0 Å².